The minimum Gasteiger partial charge on any atom is -0.306 e. The number of hydrogen-bond donors (Lipinski definition) is 2. The van der Waals surface area contributed by atoms with Gasteiger partial charge in [0, 0.05) is 17.5 Å². The van der Waals surface area contributed by atoms with Gasteiger partial charge in [-0.3, -0.25) is 15.4 Å². The van der Waals surface area contributed by atoms with Crippen LogP contribution in [0.2, 0.25) is 5.02 Å². The molecular formula is C11H9ClN4O3S. The first kappa shape index (κ1) is 14.2. The lowest BCUT2D eigenvalue weighted by Crippen LogP contribution is -2.19. The van der Waals surface area contributed by atoms with E-state index in [4.69, 9.17) is 11.6 Å². The van der Waals surface area contributed by atoms with E-state index >= 15 is 0 Å². The summed E-state index contributed by atoms with van der Waals surface area (Å²) in [6.07, 6.45) is 0. The van der Waals surface area contributed by atoms with Gasteiger partial charge < -0.3 is 5.32 Å². The molecule has 0 fully saturated rings. The highest BCUT2D eigenvalue weighted by molar-refractivity contribution is 7.13. The normalized spacial score (nSPS) is 10.1. The Morgan fingerprint density at radius 2 is 2.20 bits per heavy atom. The van der Waals surface area contributed by atoms with Gasteiger partial charge in [-0.05, 0) is 13.0 Å². The number of aromatic nitrogens is 1. The van der Waals surface area contributed by atoms with Crippen LogP contribution in [0, 0.1) is 17.0 Å². The van der Waals surface area contributed by atoms with Crippen LogP contribution < -0.4 is 10.6 Å². The summed E-state index contributed by atoms with van der Waals surface area (Å²) in [5.41, 5.74) is 0.943. The topological polar surface area (TPSA) is 97.2 Å². The molecule has 7 nitrogen and oxygen atoms in total. The summed E-state index contributed by atoms with van der Waals surface area (Å²) >= 11 is 7.16. The largest absolute Gasteiger partial charge is 0.325 e. The number of halogens is 1. The Morgan fingerprint density at radius 3 is 2.75 bits per heavy atom. The molecular weight excluding hydrogens is 304 g/mol. The molecule has 0 atom stereocenters. The quantitative estimate of drug-likeness (QED) is 0.667. The third kappa shape index (κ3) is 3.43. The highest BCUT2D eigenvalue weighted by atomic mass is 35.5. The highest BCUT2D eigenvalue weighted by Gasteiger charge is 2.12. The molecule has 0 saturated carbocycles. The van der Waals surface area contributed by atoms with E-state index in [9.17, 15) is 14.9 Å². The van der Waals surface area contributed by atoms with E-state index in [1.165, 1.54) is 29.5 Å². The molecule has 2 aromatic rings. The molecule has 0 aliphatic rings. The number of thiazole rings is 1. The molecule has 1 aromatic heterocycles. The molecule has 2 amide bonds. The second-order valence-electron chi connectivity index (χ2n) is 3.79. The van der Waals surface area contributed by atoms with E-state index in [1.54, 1.807) is 5.38 Å². The smallest absolute Gasteiger partial charge is 0.306 e. The van der Waals surface area contributed by atoms with Gasteiger partial charge in [-0.2, -0.15) is 0 Å². The van der Waals surface area contributed by atoms with E-state index in [2.05, 4.69) is 15.6 Å². The molecule has 0 spiro atoms. The Morgan fingerprint density at radius 1 is 1.45 bits per heavy atom. The van der Waals surface area contributed by atoms with Gasteiger partial charge in [-0.15, -0.1) is 11.3 Å². The number of hydrogen-bond acceptors (Lipinski definition) is 5. The predicted molar refractivity (Wildman–Crippen MR) is 77.6 cm³/mol. The molecule has 104 valence electrons. The van der Waals surface area contributed by atoms with Crippen molar-refractivity contribution in [2.24, 2.45) is 0 Å². The number of rotatable bonds is 3. The average molecular weight is 313 g/mol. The minimum atomic E-state index is -0.561. The van der Waals surface area contributed by atoms with Gasteiger partial charge in [0.15, 0.2) is 5.13 Å². The summed E-state index contributed by atoms with van der Waals surface area (Å²) in [5, 5.41) is 18.0. The average Bonchev–Trinajstić information content (AvgIpc) is 2.77. The third-order valence-electron chi connectivity index (χ3n) is 2.25. The summed E-state index contributed by atoms with van der Waals surface area (Å²) in [7, 11) is 0. The van der Waals surface area contributed by atoms with Crippen molar-refractivity contribution in [2.75, 3.05) is 10.6 Å². The highest BCUT2D eigenvalue weighted by Crippen LogP contribution is 2.26. The van der Waals surface area contributed by atoms with Gasteiger partial charge in [0.2, 0.25) is 0 Å². The Hall–Kier alpha value is -2.19. The first-order valence-corrected chi connectivity index (χ1v) is 6.65. The fraction of sp³-hybridized carbons (Fsp3) is 0.0909. The third-order valence-corrected chi connectivity index (χ3v) is 3.44. The number of benzene rings is 1. The number of urea groups is 1. The SMILES string of the molecule is Cc1csc(NC(=O)Nc2ccc([N+](=O)[O-])cc2Cl)n1. The lowest BCUT2D eigenvalue weighted by atomic mass is 10.3. The number of nitrogens with zero attached hydrogens (tertiary/aromatic N) is 2. The molecule has 2 N–H and O–H groups in total. The van der Waals surface area contributed by atoms with Crippen LogP contribution in [0.4, 0.5) is 21.3 Å². The van der Waals surface area contributed by atoms with Crippen molar-refractivity contribution >= 4 is 45.5 Å². The number of aryl methyl sites for hydroxylation is 1. The lowest BCUT2D eigenvalue weighted by molar-refractivity contribution is -0.384. The summed E-state index contributed by atoms with van der Waals surface area (Å²) in [5.74, 6) is 0. The van der Waals surface area contributed by atoms with Crippen molar-refractivity contribution in [1.29, 1.82) is 0 Å². The van der Waals surface area contributed by atoms with Crippen molar-refractivity contribution in [3.05, 3.63) is 44.4 Å². The Labute approximate surface area is 122 Å². The molecule has 0 aliphatic heterocycles. The fourth-order valence-corrected chi connectivity index (χ4v) is 2.29. The van der Waals surface area contributed by atoms with E-state index < -0.39 is 11.0 Å². The van der Waals surface area contributed by atoms with Crippen LogP contribution in [-0.2, 0) is 0 Å². The number of nitro groups is 1. The number of non-ortho nitro benzene ring substituents is 1. The number of anilines is 2. The zero-order valence-electron chi connectivity index (χ0n) is 10.2. The van der Waals surface area contributed by atoms with Crippen LogP contribution in [0.25, 0.3) is 0 Å². The Balaban J connectivity index is 2.06. The van der Waals surface area contributed by atoms with Crippen LogP contribution in [0.1, 0.15) is 5.69 Å². The molecule has 0 aliphatic carbocycles. The zero-order chi connectivity index (χ0) is 14.7. The maximum absolute atomic E-state index is 11.7. The van der Waals surface area contributed by atoms with Crippen LogP contribution in [0.3, 0.4) is 0 Å². The van der Waals surface area contributed by atoms with Crippen molar-refractivity contribution in [1.82, 2.24) is 4.98 Å². The van der Waals surface area contributed by atoms with Gasteiger partial charge in [0.1, 0.15) is 0 Å². The van der Waals surface area contributed by atoms with Gasteiger partial charge >= 0.3 is 6.03 Å². The van der Waals surface area contributed by atoms with Crippen molar-refractivity contribution in [3.63, 3.8) is 0 Å². The maximum Gasteiger partial charge on any atom is 0.325 e. The summed E-state index contributed by atoms with van der Waals surface area (Å²) in [4.78, 5) is 25.8. The van der Waals surface area contributed by atoms with E-state index in [1.807, 2.05) is 6.92 Å². The molecule has 9 heteroatoms. The van der Waals surface area contributed by atoms with Crippen LogP contribution in [0.15, 0.2) is 23.6 Å². The monoisotopic (exact) mass is 312 g/mol. The standard InChI is InChI=1S/C11H9ClN4O3S/c1-6-5-20-11(13-6)15-10(17)14-9-3-2-7(16(18)19)4-8(9)12/h2-5H,1H3,(H2,13,14,15,17). The summed E-state index contributed by atoms with van der Waals surface area (Å²) < 4.78 is 0. The van der Waals surface area contributed by atoms with Crippen molar-refractivity contribution < 1.29 is 9.72 Å². The molecule has 0 radical (unpaired) electrons. The van der Waals surface area contributed by atoms with Crippen LogP contribution in [0.5, 0.6) is 0 Å². The minimum absolute atomic E-state index is 0.0877. The van der Waals surface area contributed by atoms with E-state index in [0.717, 1.165) is 5.69 Å². The molecule has 1 aromatic carbocycles. The van der Waals surface area contributed by atoms with Gasteiger partial charge in [-0.1, -0.05) is 11.6 Å². The Kier molecular flexibility index (Phi) is 4.16. The number of carbonyl (C=O) groups is 1. The molecule has 1 heterocycles. The molecule has 20 heavy (non-hydrogen) atoms. The summed E-state index contributed by atoms with van der Waals surface area (Å²) in [6.45, 7) is 1.81. The van der Waals surface area contributed by atoms with Crippen molar-refractivity contribution in [3.8, 4) is 0 Å². The number of nitro benzene ring substituents is 1. The second kappa shape index (κ2) is 5.85. The molecule has 0 unspecified atom stereocenters. The van der Waals surface area contributed by atoms with Crippen LogP contribution >= 0.6 is 22.9 Å². The van der Waals surface area contributed by atoms with Gasteiger partial charge in [0.05, 0.1) is 21.3 Å². The summed E-state index contributed by atoms with van der Waals surface area (Å²) in [6, 6.07) is 3.28. The maximum atomic E-state index is 11.7. The fourth-order valence-electron chi connectivity index (χ4n) is 1.38. The number of nitrogens with one attached hydrogen (secondary N) is 2. The van der Waals surface area contributed by atoms with Gasteiger partial charge in [0.25, 0.3) is 5.69 Å². The van der Waals surface area contributed by atoms with E-state index in [0.29, 0.717) is 5.13 Å². The number of carbonyl (C=O) groups excluding carboxylic acids is 1. The van der Waals surface area contributed by atoms with Gasteiger partial charge in [-0.25, -0.2) is 9.78 Å². The lowest BCUT2D eigenvalue weighted by Gasteiger charge is -2.07. The van der Waals surface area contributed by atoms with Crippen molar-refractivity contribution in [2.45, 2.75) is 6.92 Å². The zero-order valence-corrected chi connectivity index (χ0v) is 11.8. The molecule has 2 rings (SSSR count). The first-order valence-electron chi connectivity index (χ1n) is 5.40. The predicted octanol–water partition coefficient (Wildman–Crippen LogP) is 3.66. The first-order chi connectivity index (χ1) is 9.45. The number of amides is 2. The van der Waals surface area contributed by atoms with Crippen LogP contribution in [-0.4, -0.2) is 15.9 Å². The second-order valence-corrected chi connectivity index (χ2v) is 5.06. The molecule has 0 saturated heterocycles. The molecule has 0 bridgehead atoms. The Bertz CT molecular complexity index is 673. The van der Waals surface area contributed by atoms with E-state index in [-0.39, 0.29) is 16.4 Å².